The minimum atomic E-state index is -0.320. The normalized spacial score (nSPS) is 14.1. The Bertz CT molecular complexity index is 1060. The Hall–Kier alpha value is -2.89. The van der Waals surface area contributed by atoms with Crippen LogP contribution in [0.3, 0.4) is 0 Å². The number of nitrogens with zero attached hydrogens (tertiary/aromatic N) is 2. The average Bonchev–Trinajstić information content (AvgIpc) is 3.32. The zero-order valence-corrected chi connectivity index (χ0v) is 16.7. The van der Waals surface area contributed by atoms with E-state index in [1.54, 1.807) is 11.0 Å². The lowest BCUT2D eigenvalue weighted by atomic mass is 10.1. The summed E-state index contributed by atoms with van der Waals surface area (Å²) in [6.07, 6.45) is 0. The fourth-order valence-corrected chi connectivity index (χ4v) is 4.20. The average molecular weight is 409 g/mol. The van der Waals surface area contributed by atoms with Gasteiger partial charge in [-0.1, -0.05) is 54.1 Å². The first-order valence-electron chi connectivity index (χ1n) is 8.74. The summed E-state index contributed by atoms with van der Waals surface area (Å²) in [5.41, 5.74) is 2.39. The second-order valence-corrected chi connectivity index (χ2v) is 7.74. The molecule has 1 aliphatic rings. The minimum Gasteiger partial charge on any atom is -0.339 e. The molecule has 4 rings (SSSR count). The van der Waals surface area contributed by atoms with Gasteiger partial charge in [0, 0.05) is 22.6 Å². The number of para-hydroxylation sites is 1. The lowest BCUT2D eigenvalue weighted by Gasteiger charge is -2.21. The van der Waals surface area contributed by atoms with Crippen LogP contribution in [0.4, 0.5) is 5.69 Å². The number of likely N-dealkylation sites (N-methyl/N-ethyl adjacent to an activating group) is 1. The largest absolute Gasteiger partial charge is 0.339 e. The van der Waals surface area contributed by atoms with Crippen LogP contribution in [0.5, 0.6) is 0 Å². The first-order chi connectivity index (χ1) is 13.6. The summed E-state index contributed by atoms with van der Waals surface area (Å²) in [6, 6.07) is 20.5. The molecule has 0 aliphatic carbocycles. The number of carbonyl (C=O) groups excluding carboxylic acids is 2. The Morgan fingerprint density at radius 3 is 2.32 bits per heavy atom. The summed E-state index contributed by atoms with van der Waals surface area (Å²) >= 11 is 7.70. The van der Waals surface area contributed by atoms with Crippen LogP contribution in [0, 0.1) is 0 Å². The number of amides is 2. The zero-order valence-electron chi connectivity index (χ0n) is 15.1. The van der Waals surface area contributed by atoms with Crippen LogP contribution in [0.15, 0.2) is 77.8 Å². The maximum Gasteiger partial charge on any atom is 0.278 e. The van der Waals surface area contributed by atoms with E-state index in [1.165, 1.54) is 16.2 Å². The highest BCUT2D eigenvalue weighted by atomic mass is 35.5. The number of carbonyl (C=O) groups is 2. The van der Waals surface area contributed by atoms with E-state index in [2.05, 4.69) is 0 Å². The predicted octanol–water partition coefficient (Wildman–Crippen LogP) is 4.82. The molecular weight excluding hydrogens is 392 g/mol. The minimum absolute atomic E-state index is 0.137. The van der Waals surface area contributed by atoms with Gasteiger partial charge in [0.2, 0.25) is 0 Å². The van der Waals surface area contributed by atoms with Gasteiger partial charge in [-0.3, -0.25) is 14.5 Å². The number of anilines is 1. The summed E-state index contributed by atoms with van der Waals surface area (Å²) < 4.78 is 0. The highest BCUT2D eigenvalue weighted by Crippen LogP contribution is 2.36. The highest BCUT2D eigenvalue weighted by molar-refractivity contribution is 7.11. The molecule has 2 aromatic carbocycles. The summed E-state index contributed by atoms with van der Waals surface area (Å²) in [4.78, 5) is 30.4. The van der Waals surface area contributed by atoms with Crippen LogP contribution in [0.2, 0.25) is 5.02 Å². The van der Waals surface area contributed by atoms with E-state index in [1.807, 2.05) is 73.1 Å². The van der Waals surface area contributed by atoms with Crippen molar-refractivity contribution in [2.75, 3.05) is 11.9 Å². The van der Waals surface area contributed by atoms with Crippen molar-refractivity contribution in [3.63, 3.8) is 0 Å². The van der Waals surface area contributed by atoms with Crippen molar-refractivity contribution in [1.29, 1.82) is 0 Å². The molecule has 4 nitrogen and oxygen atoms in total. The number of rotatable bonds is 5. The van der Waals surface area contributed by atoms with Gasteiger partial charge in [-0.05, 0) is 35.2 Å². The molecule has 0 unspecified atom stereocenters. The van der Waals surface area contributed by atoms with Gasteiger partial charge in [0.1, 0.15) is 5.70 Å². The third-order valence-electron chi connectivity index (χ3n) is 4.68. The van der Waals surface area contributed by atoms with Gasteiger partial charge in [0.25, 0.3) is 11.8 Å². The fraction of sp³-hybridized carbons (Fsp3) is 0.0909. The van der Waals surface area contributed by atoms with Crippen LogP contribution >= 0.6 is 22.9 Å². The number of hydrogen-bond donors (Lipinski definition) is 0. The molecule has 0 atom stereocenters. The smallest absolute Gasteiger partial charge is 0.278 e. The summed E-state index contributed by atoms with van der Waals surface area (Å²) in [5.74, 6) is -0.621. The number of thiophene rings is 1. The number of benzene rings is 2. The topological polar surface area (TPSA) is 40.6 Å². The van der Waals surface area contributed by atoms with Crippen LogP contribution in [0.25, 0.3) is 5.57 Å². The lowest BCUT2D eigenvalue weighted by Crippen LogP contribution is -2.33. The van der Waals surface area contributed by atoms with E-state index in [-0.39, 0.29) is 18.4 Å². The monoisotopic (exact) mass is 408 g/mol. The SMILES string of the molecule is CN(C1=C(c2cccs2)C(=O)N(Cc2ccccc2Cl)C1=O)c1ccccc1. The predicted molar refractivity (Wildman–Crippen MR) is 113 cm³/mol. The Kier molecular flexibility index (Phi) is 5.03. The third kappa shape index (κ3) is 3.23. The van der Waals surface area contributed by atoms with Crippen molar-refractivity contribution >= 4 is 46.0 Å². The van der Waals surface area contributed by atoms with Crippen molar-refractivity contribution in [1.82, 2.24) is 4.90 Å². The van der Waals surface area contributed by atoms with E-state index >= 15 is 0 Å². The van der Waals surface area contributed by atoms with E-state index in [4.69, 9.17) is 11.6 Å². The Balaban J connectivity index is 1.77. The molecule has 2 heterocycles. The van der Waals surface area contributed by atoms with Crippen molar-refractivity contribution in [2.24, 2.45) is 0 Å². The van der Waals surface area contributed by atoms with Crippen molar-refractivity contribution < 1.29 is 9.59 Å². The molecule has 6 heteroatoms. The van der Waals surface area contributed by atoms with Gasteiger partial charge in [-0.15, -0.1) is 11.3 Å². The molecule has 0 bridgehead atoms. The van der Waals surface area contributed by atoms with Crippen LogP contribution < -0.4 is 4.90 Å². The Morgan fingerprint density at radius 1 is 0.929 bits per heavy atom. The van der Waals surface area contributed by atoms with E-state index < -0.39 is 0 Å². The molecule has 2 amide bonds. The first kappa shape index (κ1) is 18.5. The molecule has 140 valence electrons. The third-order valence-corrected chi connectivity index (χ3v) is 5.93. The molecule has 0 saturated carbocycles. The molecule has 1 aliphatic heterocycles. The van der Waals surface area contributed by atoms with Crippen LogP contribution in [0.1, 0.15) is 10.4 Å². The van der Waals surface area contributed by atoms with Crippen LogP contribution in [-0.4, -0.2) is 23.8 Å². The van der Waals surface area contributed by atoms with Gasteiger partial charge in [0.05, 0.1) is 12.1 Å². The quantitative estimate of drug-likeness (QED) is 0.568. The highest BCUT2D eigenvalue weighted by Gasteiger charge is 2.41. The standard InChI is InChI=1S/C22H17ClN2O2S/c1-24(16-9-3-2-4-10-16)20-19(18-12-7-13-28-18)21(26)25(22(20)27)14-15-8-5-6-11-17(15)23/h2-13H,14H2,1H3. The fourth-order valence-electron chi connectivity index (χ4n) is 3.24. The molecule has 1 aromatic heterocycles. The summed E-state index contributed by atoms with van der Waals surface area (Å²) in [5, 5.41) is 2.43. The maximum absolute atomic E-state index is 13.3. The molecular formula is C22H17ClN2O2S. The number of halogens is 1. The van der Waals surface area contributed by atoms with Gasteiger partial charge >= 0.3 is 0 Å². The first-order valence-corrected chi connectivity index (χ1v) is 10.00. The molecule has 0 N–H and O–H groups in total. The molecule has 0 fully saturated rings. The van der Waals surface area contributed by atoms with E-state index in [0.29, 0.717) is 16.3 Å². The Morgan fingerprint density at radius 2 is 1.64 bits per heavy atom. The molecule has 0 saturated heterocycles. The second kappa shape index (κ2) is 7.62. The summed E-state index contributed by atoms with van der Waals surface area (Å²) in [7, 11) is 1.81. The molecule has 0 spiro atoms. The van der Waals surface area contributed by atoms with Gasteiger partial charge < -0.3 is 4.90 Å². The van der Waals surface area contributed by atoms with Crippen molar-refractivity contribution in [3.8, 4) is 0 Å². The van der Waals surface area contributed by atoms with E-state index in [9.17, 15) is 9.59 Å². The summed E-state index contributed by atoms with van der Waals surface area (Å²) in [6.45, 7) is 0.137. The molecule has 28 heavy (non-hydrogen) atoms. The Labute approximate surface area is 172 Å². The van der Waals surface area contributed by atoms with Gasteiger partial charge in [-0.25, -0.2) is 0 Å². The van der Waals surface area contributed by atoms with Gasteiger partial charge in [0.15, 0.2) is 0 Å². The second-order valence-electron chi connectivity index (χ2n) is 6.38. The van der Waals surface area contributed by atoms with Crippen molar-refractivity contribution in [3.05, 3.63) is 93.3 Å². The lowest BCUT2D eigenvalue weighted by molar-refractivity contribution is -0.137. The molecule has 0 radical (unpaired) electrons. The van der Waals surface area contributed by atoms with Crippen LogP contribution in [-0.2, 0) is 16.1 Å². The maximum atomic E-state index is 13.3. The van der Waals surface area contributed by atoms with Crippen molar-refractivity contribution in [2.45, 2.75) is 6.54 Å². The van der Waals surface area contributed by atoms with E-state index in [0.717, 1.165) is 16.1 Å². The van der Waals surface area contributed by atoms with Gasteiger partial charge in [-0.2, -0.15) is 0 Å². The number of hydrogen-bond acceptors (Lipinski definition) is 4. The zero-order chi connectivity index (χ0) is 19.7. The molecule has 3 aromatic rings. The number of imide groups is 1.